The molecule has 28 nitrogen and oxygen atoms in total. The van der Waals surface area contributed by atoms with E-state index < -0.39 is 119 Å². The van der Waals surface area contributed by atoms with Crippen LogP contribution in [0.1, 0.15) is 108 Å². The SMILES string of the molecule is COc1cc(/C=C/C(=O)O)ccc1C.COc1cc(/C=C/C(=O)O)ccc1O.COc1cc(C2C(C(=O)O)C(c3ccc(C)c(OC)c3)C2C(=O)O)ccc1C.COc1cc([C@H]2C(C(=O)O)[C@H](c3ccc(C)c(OC)c3)C2C(=O)Oc2cccc3ccccc23)ccc1C.COc1cc([C@H]2C(C(=O)O)[C@H](c3ccc(O)c(OC)c3)C2C(=O)Oc2cccc3ccccc23)ccc1O.Oc1cccc2ccccc12.[U].[V]. The average molecular weight is 2230 g/mol. The van der Waals surface area contributed by atoms with Crippen LogP contribution in [0, 0.1) is 101 Å². The third kappa shape index (κ3) is 25.9. The number of phenols is 4. The van der Waals surface area contributed by atoms with Crippen LogP contribution in [0.4, 0.5) is 0 Å². The Kier molecular flexibility index (Phi) is 39.0. The van der Waals surface area contributed by atoms with Gasteiger partial charge < -0.3 is 98.4 Å². The molecule has 0 heterocycles. The molecular weight excluding hydrogens is 2120 g/mol. The summed E-state index contributed by atoms with van der Waals surface area (Å²) < 4.78 is 54.1. The molecule has 30 heteroatoms. The Morgan fingerprint density at radius 3 is 0.766 bits per heavy atom. The molecule has 0 aliphatic heterocycles. The molecule has 3 aliphatic carbocycles. The maximum atomic E-state index is 13.9. The average Bonchev–Trinajstić information content (AvgIpc) is 0.728. The summed E-state index contributed by atoms with van der Waals surface area (Å²) in [6, 6.07) is 80.6. The van der Waals surface area contributed by atoms with Crippen molar-refractivity contribution in [1.82, 2.24) is 0 Å². The predicted octanol–water partition coefficient (Wildman–Crippen LogP) is 21.1. The Labute approximate surface area is 872 Å². The number of ether oxygens (including phenoxy) is 10. The zero-order valence-electron chi connectivity index (χ0n) is 81.5. The van der Waals surface area contributed by atoms with Crippen molar-refractivity contribution in [2.24, 2.45) is 35.5 Å². The zero-order valence-corrected chi connectivity index (χ0v) is 87.0. The Morgan fingerprint density at radius 1 is 0.241 bits per heavy atom. The van der Waals surface area contributed by atoms with E-state index in [1.54, 1.807) is 112 Å². The molecule has 3 aliphatic rings. The van der Waals surface area contributed by atoms with E-state index in [1.807, 2.05) is 198 Å². The number of fused-ring (bicyclic) bond motifs is 3. The van der Waals surface area contributed by atoms with Crippen LogP contribution >= 0.6 is 0 Å². The smallest absolute Gasteiger partial charge is 0.328 e. The van der Waals surface area contributed by atoms with Crippen LogP contribution in [-0.4, -0.2) is 156 Å². The number of aromatic hydroxyl groups is 4. The number of esters is 2. The first-order valence-electron chi connectivity index (χ1n) is 45.2. The van der Waals surface area contributed by atoms with E-state index in [0.29, 0.717) is 73.8 Å². The molecule has 14 aromatic carbocycles. The molecule has 3 saturated carbocycles. The van der Waals surface area contributed by atoms with Crippen molar-refractivity contribution < 1.29 is 186 Å². The van der Waals surface area contributed by atoms with Gasteiger partial charge in [-0.2, -0.15) is 0 Å². The molecule has 10 N–H and O–H groups in total. The molecule has 17 rings (SSSR count). The van der Waals surface area contributed by atoms with Crippen LogP contribution in [0.5, 0.6) is 80.5 Å². The topological polar surface area (TPSA) is 431 Å². The number of methoxy groups -OCH3 is 8. The van der Waals surface area contributed by atoms with Crippen LogP contribution in [0.25, 0.3) is 44.5 Å². The number of carboxylic acids is 6. The normalized spacial score (nSPS) is 18.0. The van der Waals surface area contributed by atoms with Gasteiger partial charge in [0.1, 0.15) is 46.0 Å². The first-order chi connectivity index (χ1) is 68.6. The van der Waals surface area contributed by atoms with Gasteiger partial charge in [-0.15, -0.1) is 0 Å². The summed E-state index contributed by atoms with van der Waals surface area (Å²) in [7, 11) is 12.0. The second-order valence-electron chi connectivity index (χ2n) is 34.2. The van der Waals surface area contributed by atoms with Crippen molar-refractivity contribution in [3.05, 3.63) is 357 Å². The van der Waals surface area contributed by atoms with Gasteiger partial charge in [-0.25, -0.2) is 9.59 Å². The maximum Gasteiger partial charge on any atom is 0.328 e. The van der Waals surface area contributed by atoms with Crippen molar-refractivity contribution >= 4 is 92.2 Å². The summed E-state index contributed by atoms with van der Waals surface area (Å²) in [6.07, 6.45) is 5.07. The van der Waals surface area contributed by atoms with Crippen LogP contribution in [0.2, 0.25) is 0 Å². The number of aryl methyl sites for hydroxylation is 5. The summed E-state index contributed by atoms with van der Waals surface area (Å²) in [5, 5.41) is 102. The number of carbonyl (C=O) groups excluding carboxylic acids is 2. The van der Waals surface area contributed by atoms with Crippen molar-refractivity contribution in [1.29, 1.82) is 0 Å². The molecule has 0 saturated heterocycles. The van der Waals surface area contributed by atoms with Crippen molar-refractivity contribution in [2.45, 2.75) is 70.1 Å². The predicted molar refractivity (Wildman–Crippen MR) is 539 cm³/mol. The van der Waals surface area contributed by atoms with Gasteiger partial charge in [0.05, 0.1) is 92.4 Å². The number of phenolic OH excluding ortho intramolecular Hbond substituents is 4. The standard InChI is InChI=1S/C32H30O6.C30H26O8.C22H24O6.C11H12O3.C10H10O4.C10H8O.U.V/c1-18-12-14-21(16-25(18)36-3)27-29(31(33)34)28(22-15-13-19(2)26(17-22)37-4)30(27)32(35)38-24-11-7-9-20-8-5-6-10-23(20)24;1-36-23-14-17(10-12-20(23)31)25-27(29(33)34)26(18-11-13-21(32)24(15-18)37-2)28(25)30(35)38-22-9-5-7-16-6-3-4-8-19(16)22;1-11-5-7-13(9-15(11)27-3)17-19(21(23)24)18(20(17)22(25)26)14-8-6-12(2)16(10-14)28-4;1-8-3-4-9(5-6-11(12)13)7-10(8)14-2;1-14-9-6-7(2-4-8(9)11)3-5-10(12)13;11-10-7-3-5-8-4-1-2-6-9(8)10;;/h5-17,27-30H,1-4H3,(H,33,34);3-15,25-28,31-32H,1-2H3,(H,33,34);5-10,17-20H,1-4H3,(H,23,24)(H,25,26);3-7H,1-2H3,(H,12,13);2-6,11H,1H3,(H,12,13);1-7,11H;;/b;;;6-5+;5-3+;;;/t27-,28-,29?,30?;25-,26-,27?,28?;;;;;;/m00....../s1. The van der Waals surface area contributed by atoms with Crippen molar-refractivity contribution in [2.75, 3.05) is 56.9 Å². The fraction of sp³-hybridized carbons (Fsp3) is 0.217. The number of aliphatic carboxylic acids is 6. The van der Waals surface area contributed by atoms with Gasteiger partial charge in [0.25, 0.3) is 0 Å². The van der Waals surface area contributed by atoms with E-state index in [0.717, 1.165) is 94.7 Å². The van der Waals surface area contributed by atoms with E-state index in [1.165, 1.54) is 65.9 Å². The minimum Gasteiger partial charge on any atom is -0.507 e. The Bertz CT molecular complexity index is 6590. The van der Waals surface area contributed by atoms with Crippen LogP contribution in [0.3, 0.4) is 0 Å². The largest absolute Gasteiger partial charge is 0.507 e. The van der Waals surface area contributed by atoms with Crippen LogP contribution in [-0.2, 0) is 56.9 Å². The fourth-order valence-corrected chi connectivity index (χ4v) is 18.7. The third-order valence-corrected chi connectivity index (χ3v) is 25.9. The van der Waals surface area contributed by atoms with E-state index in [4.69, 9.17) is 57.6 Å². The Hall–Kier alpha value is -15.7. The maximum absolute atomic E-state index is 13.9. The first-order valence-corrected chi connectivity index (χ1v) is 45.2. The van der Waals surface area contributed by atoms with Crippen LogP contribution < -0.4 is 47.4 Å². The van der Waals surface area contributed by atoms with Crippen molar-refractivity contribution in [3.63, 3.8) is 0 Å². The summed E-state index contributed by atoms with van der Waals surface area (Å²) in [5.41, 5.74) is 10.0. The van der Waals surface area contributed by atoms with Crippen molar-refractivity contribution in [3.8, 4) is 80.5 Å². The fourth-order valence-electron chi connectivity index (χ4n) is 18.7. The monoisotopic (exact) mass is 2230 g/mol. The minimum absolute atomic E-state index is 0. The zero-order chi connectivity index (χ0) is 103. The van der Waals surface area contributed by atoms with E-state index >= 15 is 0 Å². The summed E-state index contributed by atoms with van der Waals surface area (Å²) in [5.74, 6) is -11.3. The van der Waals surface area contributed by atoms with Gasteiger partial charge in [-0.05, 0) is 220 Å². The molecule has 1 radical (unpaired) electrons. The molecule has 14 aromatic rings. The molecule has 0 spiro atoms. The number of carboxylic acid groups (broad SMARTS) is 6. The Balaban J connectivity index is 0.000000188. The Morgan fingerprint density at radius 2 is 0.469 bits per heavy atom. The summed E-state index contributed by atoms with van der Waals surface area (Å²) in [6.45, 7) is 9.54. The molecule has 0 unspecified atom stereocenters. The van der Waals surface area contributed by atoms with Gasteiger partial charge in [-0.3, -0.25) is 28.8 Å². The summed E-state index contributed by atoms with van der Waals surface area (Å²) >= 11 is 0. The molecule has 0 amide bonds. The van der Waals surface area contributed by atoms with Crippen LogP contribution in [0.15, 0.2) is 285 Å². The van der Waals surface area contributed by atoms with Gasteiger partial charge in [0.15, 0.2) is 34.5 Å². The number of rotatable bonds is 26. The van der Waals surface area contributed by atoms with Gasteiger partial charge >= 0.3 is 47.8 Å². The number of carbonyl (C=O) groups is 8. The van der Waals surface area contributed by atoms with Gasteiger partial charge in [0.2, 0.25) is 0 Å². The molecule has 0 aromatic heterocycles. The molecule has 4 atom stereocenters. The van der Waals surface area contributed by atoms with Gasteiger partial charge in [0, 0.05) is 113 Å². The van der Waals surface area contributed by atoms with E-state index in [9.17, 15) is 79.2 Å². The minimum atomic E-state index is -1.09. The number of hydrogen-bond donors (Lipinski definition) is 10. The molecule has 3 fully saturated rings. The molecule has 145 heavy (non-hydrogen) atoms. The second-order valence-corrected chi connectivity index (χ2v) is 34.2. The van der Waals surface area contributed by atoms with Gasteiger partial charge in [-0.1, -0.05) is 188 Å². The third-order valence-electron chi connectivity index (χ3n) is 25.9. The quantitative estimate of drug-likeness (QED) is 0.0137. The first kappa shape index (κ1) is 111. The van der Waals surface area contributed by atoms with E-state index in [-0.39, 0.29) is 78.4 Å². The summed E-state index contributed by atoms with van der Waals surface area (Å²) in [4.78, 5) is 97.7. The molecular formula is C115H110O28UV. The number of benzene rings is 14. The number of hydrogen-bond acceptors (Lipinski definition) is 22. The molecule has 747 valence electrons. The second kappa shape index (κ2) is 50.8. The molecule has 0 bridgehead atoms. The van der Waals surface area contributed by atoms with E-state index in [2.05, 4.69) is 0 Å².